The summed E-state index contributed by atoms with van der Waals surface area (Å²) in [4.78, 5) is 8.84. The smallest absolute Gasteiger partial charge is 0.224 e. The quantitative estimate of drug-likeness (QED) is 0.864. The Kier molecular flexibility index (Phi) is 5.13. The second kappa shape index (κ2) is 6.84. The molecule has 6 heteroatoms. The number of aromatic nitrogens is 2. The first kappa shape index (κ1) is 14.2. The lowest BCUT2D eigenvalue weighted by Crippen LogP contribution is -2.29. The zero-order chi connectivity index (χ0) is 13.7. The molecular weight excluding hydrogens is 260 g/mol. The molecular formula is C13H22N4OS. The van der Waals surface area contributed by atoms with Crippen molar-refractivity contribution in [1.29, 1.82) is 0 Å². The van der Waals surface area contributed by atoms with Crippen LogP contribution in [0, 0.1) is 6.92 Å². The lowest BCUT2D eigenvalue weighted by molar-refractivity contribution is 0.622. The van der Waals surface area contributed by atoms with Gasteiger partial charge in [-0.05, 0) is 26.2 Å². The molecule has 19 heavy (non-hydrogen) atoms. The first-order valence-corrected chi connectivity index (χ1v) is 8.37. The molecule has 106 valence electrons. The van der Waals surface area contributed by atoms with Gasteiger partial charge in [-0.1, -0.05) is 6.92 Å². The van der Waals surface area contributed by atoms with Crippen molar-refractivity contribution < 1.29 is 4.21 Å². The van der Waals surface area contributed by atoms with Gasteiger partial charge in [0.1, 0.15) is 5.82 Å². The van der Waals surface area contributed by atoms with Crippen molar-refractivity contribution in [3.05, 3.63) is 11.8 Å². The summed E-state index contributed by atoms with van der Waals surface area (Å²) in [5, 5.41) is 6.64. The number of aryl methyl sites for hydroxylation is 1. The minimum Gasteiger partial charge on any atom is -0.367 e. The van der Waals surface area contributed by atoms with Crippen molar-refractivity contribution in [3.8, 4) is 0 Å². The van der Waals surface area contributed by atoms with Crippen LogP contribution in [-0.4, -0.2) is 38.3 Å². The van der Waals surface area contributed by atoms with Crippen LogP contribution in [0.15, 0.2) is 6.07 Å². The number of anilines is 2. The number of nitrogens with one attached hydrogen (secondary N) is 2. The van der Waals surface area contributed by atoms with Crippen molar-refractivity contribution in [2.75, 3.05) is 28.7 Å². The van der Waals surface area contributed by atoms with Crippen LogP contribution in [0.1, 0.15) is 31.9 Å². The Morgan fingerprint density at radius 2 is 2.11 bits per heavy atom. The lowest BCUT2D eigenvalue weighted by atomic mass is 10.1. The van der Waals surface area contributed by atoms with Crippen LogP contribution in [0.2, 0.25) is 0 Å². The molecule has 0 aromatic carbocycles. The van der Waals surface area contributed by atoms with Crippen LogP contribution in [0.4, 0.5) is 11.8 Å². The van der Waals surface area contributed by atoms with Gasteiger partial charge in [-0.15, -0.1) is 0 Å². The van der Waals surface area contributed by atoms with E-state index in [1.165, 1.54) is 0 Å². The minimum atomic E-state index is -0.617. The molecule has 2 N–H and O–H groups in total. The molecule has 2 rings (SSSR count). The molecule has 0 amide bonds. The summed E-state index contributed by atoms with van der Waals surface area (Å²) in [6.45, 7) is 4.97. The van der Waals surface area contributed by atoms with Crippen molar-refractivity contribution in [3.63, 3.8) is 0 Å². The highest BCUT2D eigenvalue weighted by molar-refractivity contribution is 7.85. The van der Waals surface area contributed by atoms with E-state index in [-0.39, 0.29) is 0 Å². The third-order valence-electron chi connectivity index (χ3n) is 3.13. The third kappa shape index (κ3) is 4.45. The molecule has 2 heterocycles. The van der Waals surface area contributed by atoms with E-state index in [0.29, 0.717) is 12.0 Å². The van der Waals surface area contributed by atoms with Gasteiger partial charge in [-0.3, -0.25) is 4.21 Å². The Hall–Kier alpha value is -1.17. The maximum absolute atomic E-state index is 11.3. The molecule has 0 bridgehead atoms. The standard InChI is InChI=1S/C13H22N4OS/c1-3-6-14-13-15-10(2)9-12(17-13)16-11-4-7-19(18)8-5-11/h9,11H,3-8H2,1-2H3,(H2,14,15,16,17). The first-order chi connectivity index (χ1) is 9.17. The van der Waals surface area contributed by atoms with Crippen LogP contribution >= 0.6 is 0 Å². The predicted octanol–water partition coefficient (Wildman–Crippen LogP) is 1.93. The Morgan fingerprint density at radius 1 is 1.37 bits per heavy atom. The maximum Gasteiger partial charge on any atom is 0.224 e. The molecule has 0 spiro atoms. The molecule has 1 saturated heterocycles. The molecule has 0 aliphatic carbocycles. The Morgan fingerprint density at radius 3 is 2.79 bits per heavy atom. The fourth-order valence-corrected chi connectivity index (χ4v) is 3.40. The molecule has 0 unspecified atom stereocenters. The zero-order valence-corrected chi connectivity index (χ0v) is 12.4. The van der Waals surface area contributed by atoms with Gasteiger partial charge >= 0.3 is 0 Å². The highest BCUT2D eigenvalue weighted by Gasteiger charge is 2.18. The van der Waals surface area contributed by atoms with E-state index >= 15 is 0 Å². The maximum atomic E-state index is 11.3. The lowest BCUT2D eigenvalue weighted by Gasteiger charge is -2.23. The number of nitrogens with zero attached hydrogens (tertiary/aromatic N) is 2. The summed E-state index contributed by atoms with van der Waals surface area (Å²) in [5.74, 6) is 3.14. The van der Waals surface area contributed by atoms with Gasteiger partial charge in [0.25, 0.3) is 0 Å². The van der Waals surface area contributed by atoms with E-state index in [2.05, 4.69) is 27.5 Å². The number of rotatable bonds is 5. The van der Waals surface area contributed by atoms with Crippen LogP contribution < -0.4 is 10.6 Å². The van der Waals surface area contributed by atoms with Crippen LogP contribution in [0.3, 0.4) is 0 Å². The zero-order valence-electron chi connectivity index (χ0n) is 11.6. The van der Waals surface area contributed by atoms with Crippen molar-refractivity contribution >= 4 is 22.6 Å². The molecule has 1 aliphatic rings. The molecule has 1 fully saturated rings. The second-order valence-corrected chi connectivity index (χ2v) is 6.61. The van der Waals surface area contributed by atoms with E-state index in [9.17, 15) is 4.21 Å². The van der Waals surface area contributed by atoms with Gasteiger partial charge in [0.2, 0.25) is 5.95 Å². The Labute approximate surface area is 117 Å². The number of hydrogen-bond donors (Lipinski definition) is 2. The van der Waals surface area contributed by atoms with Crippen molar-refractivity contribution in [2.24, 2.45) is 0 Å². The first-order valence-electron chi connectivity index (χ1n) is 6.88. The summed E-state index contributed by atoms with van der Waals surface area (Å²) in [6.07, 6.45) is 2.95. The van der Waals surface area contributed by atoms with E-state index < -0.39 is 10.8 Å². The summed E-state index contributed by atoms with van der Waals surface area (Å²) in [7, 11) is -0.617. The SMILES string of the molecule is CCCNc1nc(C)cc(NC2CCS(=O)CC2)n1. The monoisotopic (exact) mass is 282 g/mol. The summed E-state index contributed by atoms with van der Waals surface area (Å²) in [6, 6.07) is 2.34. The van der Waals surface area contributed by atoms with Crippen LogP contribution in [-0.2, 0) is 10.8 Å². The highest BCUT2D eigenvalue weighted by Crippen LogP contribution is 2.16. The van der Waals surface area contributed by atoms with Crippen LogP contribution in [0.5, 0.6) is 0 Å². The van der Waals surface area contributed by atoms with Gasteiger partial charge in [-0.2, -0.15) is 4.98 Å². The molecule has 1 aromatic rings. The average molecular weight is 282 g/mol. The second-order valence-electron chi connectivity index (χ2n) is 4.91. The summed E-state index contributed by atoms with van der Waals surface area (Å²) in [5.41, 5.74) is 0.954. The van der Waals surface area contributed by atoms with Gasteiger partial charge in [0, 0.05) is 46.7 Å². The molecule has 1 aromatic heterocycles. The summed E-state index contributed by atoms with van der Waals surface area (Å²) >= 11 is 0. The molecule has 0 radical (unpaired) electrons. The normalized spacial score (nSPS) is 23.1. The van der Waals surface area contributed by atoms with Crippen molar-refractivity contribution in [2.45, 2.75) is 39.2 Å². The fourth-order valence-electron chi connectivity index (χ4n) is 2.11. The molecule has 0 atom stereocenters. The topological polar surface area (TPSA) is 66.9 Å². The van der Waals surface area contributed by atoms with Gasteiger partial charge in [0.15, 0.2) is 0 Å². The Bertz CT molecular complexity index is 442. The predicted molar refractivity (Wildman–Crippen MR) is 80.1 cm³/mol. The highest BCUT2D eigenvalue weighted by atomic mass is 32.2. The van der Waals surface area contributed by atoms with Crippen molar-refractivity contribution in [1.82, 2.24) is 9.97 Å². The van der Waals surface area contributed by atoms with Crippen LogP contribution in [0.25, 0.3) is 0 Å². The minimum absolute atomic E-state index is 0.381. The van der Waals surface area contributed by atoms with E-state index in [4.69, 9.17) is 0 Å². The number of hydrogen-bond acceptors (Lipinski definition) is 5. The largest absolute Gasteiger partial charge is 0.367 e. The molecule has 0 saturated carbocycles. The molecule has 5 nitrogen and oxygen atoms in total. The van der Waals surface area contributed by atoms with E-state index in [1.807, 2.05) is 13.0 Å². The van der Waals surface area contributed by atoms with E-state index in [1.54, 1.807) is 0 Å². The fraction of sp³-hybridized carbons (Fsp3) is 0.692. The van der Waals surface area contributed by atoms with Gasteiger partial charge in [0.05, 0.1) is 0 Å². The summed E-state index contributed by atoms with van der Waals surface area (Å²) < 4.78 is 11.3. The Balaban J connectivity index is 1.99. The van der Waals surface area contributed by atoms with E-state index in [0.717, 1.165) is 48.8 Å². The third-order valence-corrected chi connectivity index (χ3v) is 4.51. The average Bonchev–Trinajstić information content (AvgIpc) is 2.38. The van der Waals surface area contributed by atoms with Gasteiger partial charge < -0.3 is 10.6 Å². The van der Waals surface area contributed by atoms with Gasteiger partial charge in [-0.25, -0.2) is 4.98 Å². The molecule has 1 aliphatic heterocycles.